The van der Waals surface area contributed by atoms with E-state index in [4.69, 9.17) is 11.6 Å². The van der Waals surface area contributed by atoms with E-state index in [2.05, 4.69) is 59.1 Å². The van der Waals surface area contributed by atoms with Crippen molar-refractivity contribution in [3.63, 3.8) is 0 Å². The summed E-state index contributed by atoms with van der Waals surface area (Å²) in [6.07, 6.45) is 1.22. The summed E-state index contributed by atoms with van der Waals surface area (Å²) in [5.41, 5.74) is 3.22. The van der Waals surface area contributed by atoms with Gasteiger partial charge in [-0.15, -0.1) is 0 Å². The Morgan fingerprint density at radius 1 is 1.20 bits per heavy atom. The van der Waals surface area contributed by atoms with E-state index in [9.17, 15) is 4.79 Å². The molecule has 0 heterocycles. The lowest BCUT2D eigenvalue weighted by Gasteiger charge is -2.08. The number of hydrogen-bond donors (Lipinski definition) is 1. The van der Waals surface area contributed by atoms with Gasteiger partial charge in [0.25, 0.3) is 0 Å². The monoisotopic (exact) mass is 399 g/mol. The molecular weight excluding hydrogens is 385 g/mol. The molecule has 1 amide bonds. The van der Waals surface area contributed by atoms with Gasteiger partial charge in [-0.2, -0.15) is 0 Å². The summed E-state index contributed by atoms with van der Waals surface area (Å²) >= 11 is 8.05. The zero-order valence-corrected chi connectivity index (χ0v) is 14.0. The number of carbonyl (C=O) groups is 1. The van der Waals surface area contributed by atoms with Gasteiger partial charge in [0.1, 0.15) is 0 Å². The molecule has 0 unspecified atom stereocenters. The first-order valence-electron chi connectivity index (χ1n) is 6.35. The zero-order valence-electron chi connectivity index (χ0n) is 11.1. The number of anilines is 1. The molecule has 0 aliphatic heterocycles. The topological polar surface area (TPSA) is 29.1 Å². The highest BCUT2D eigenvalue weighted by molar-refractivity contribution is 14.1. The van der Waals surface area contributed by atoms with Crippen molar-refractivity contribution in [2.75, 3.05) is 5.32 Å². The van der Waals surface area contributed by atoms with E-state index < -0.39 is 0 Å². The number of rotatable bonds is 4. The van der Waals surface area contributed by atoms with Gasteiger partial charge >= 0.3 is 0 Å². The van der Waals surface area contributed by atoms with E-state index in [0.29, 0.717) is 11.4 Å². The molecule has 2 rings (SSSR count). The maximum absolute atomic E-state index is 11.9. The van der Waals surface area contributed by atoms with Crippen molar-refractivity contribution < 1.29 is 4.79 Å². The van der Waals surface area contributed by atoms with Crippen molar-refractivity contribution in [2.45, 2.75) is 19.8 Å². The highest BCUT2D eigenvalue weighted by atomic mass is 127. The fourth-order valence-corrected chi connectivity index (χ4v) is 2.82. The lowest BCUT2D eigenvalue weighted by Crippen LogP contribution is -2.13. The van der Waals surface area contributed by atoms with E-state index >= 15 is 0 Å². The molecule has 0 spiro atoms. The summed E-state index contributed by atoms with van der Waals surface area (Å²) in [7, 11) is 0. The molecule has 0 bridgehead atoms. The Kier molecular flexibility index (Phi) is 5.43. The molecule has 0 radical (unpaired) electrons. The van der Waals surface area contributed by atoms with Crippen LogP contribution >= 0.6 is 34.2 Å². The molecule has 0 atom stereocenters. The Morgan fingerprint density at radius 2 is 1.90 bits per heavy atom. The maximum atomic E-state index is 11.9. The van der Waals surface area contributed by atoms with Crippen LogP contribution < -0.4 is 5.32 Å². The number of amides is 1. The smallest absolute Gasteiger partial charge is 0.224 e. The number of halogens is 2. The first kappa shape index (κ1) is 15.3. The van der Waals surface area contributed by atoms with Crippen molar-refractivity contribution in [3.8, 4) is 0 Å². The minimum Gasteiger partial charge on any atom is -0.325 e. The third-order valence-electron chi connectivity index (χ3n) is 2.97. The molecule has 0 aromatic heterocycles. The van der Waals surface area contributed by atoms with Crippen LogP contribution in [0.1, 0.15) is 17.5 Å². The Bertz CT molecular complexity index is 610. The summed E-state index contributed by atoms with van der Waals surface area (Å²) in [6, 6.07) is 13.7. The van der Waals surface area contributed by atoms with Gasteiger partial charge in [-0.25, -0.2) is 0 Å². The second-order valence-corrected chi connectivity index (χ2v) is 6.26. The van der Waals surface area contributed by atoms with E-state index in [-0.39, 0.29) is 5.91 Å². The number of carbonyl (C=O) groups excluding carboxylic acids is 1. The normalized spacial score (nSPS) is 10.3. The van der Waals surface area contributed by atoms with Gasteiger partial charge < -0.3 is 5.32 Å². The van der Waals surface area contributed by atoms with Crippen molar-refractivity contribution >= 4 is 45.8 Å². The summed E-state index contributed by atoms with van der Waals surface area (Å²) in [4.78, 5) is 11.9. The highest BCUT2D eigenvalue weighted by Gasteiger charge is 2.06. The standard InChI is InChI=1S/C16H15ClINO/c1-11-2-4-12(5-3-11)6-9-16(20)19-15-8-7-13(17)10-14(15)18/h2-5,7-8,10H,6,9H2,1H3,(H,19,20). The lowest BCUT2D eigenvalue weighted by molar-refractivity contribution is -0.116. The summed E-state index contributed by atoms with van der Waals surface area (Å²) < 4.78 is 0.943. The highest BCUT2D eigenvalue weighted by Crippen LogP contribution is 2.22. The van der Waals surface area contributed by atoms with Gasteiger partial charge in [-0.1, -0.05) is 41.4 Å². The maximum Gasteiger partial charge on any atom is 0.224 e. The van der Waals surface area contributed by atoms with Crippen LogP contribution in [0.25, 0.3) is 0 Å². The fraction of sp³-hybridized carbons (Fsp3) is 0.188. The summed E-state index contributed by atoms with van der Waals surface area (Å²) in [6.45, 7) is 2.05. The Labute approximate surface area is 137 Å². The largest absolute Gasteiger partial charge is 0.325 e. The van der Waals surface area contributed by atoms with Crippen LogP contribution in [-0.4, -0.2) is 5.91 Å². The quantitative estimate of drug-likeness (QED) is 0.734. The SMILES string of the molecule is Cc1ccc(CCC(=O)Nc2ccc(Cl)cc2I)cc1. The molecule has 0 saturated carbocycles. The lowest BCUT2D eigenvalue weighted by atomic mass is 10.1. The second kappa shape index (κ2) is 7.09. The predicted molar refractivity (Wildman–Crippen MR) is 92.3 cm³/mol. The molecule has 2 aromatic rings. The molecule has 20 heavy (non-hydrogen) atoms. The molecular formula is C16H15ClINO. The first-order valence-corrected chi connectivity index (χ1v) is 7.81. The van der Waals surface area contributed by atoms with Crippen LogP contribution in [-0.2, 0) is 11.2 Å². The van der Waals surface area contributed by atoms with Crippen molar-refractivity contribution in [3.05, 3.63) is 62.2 Å². The Balaban J connectivity index is 1.90. The number of aryl methyl sites for hydroxylation is 2. The van der Waals surface area contributed by atoms with Gasteiger partial charge in [0, 0.05) is 15.0 Å². The molecule has 0 saturated heterocycles. The van der Waals surface area contributed by atoms with E-state index in [1.807, 2.05) is 12.1 Å². The second-order valence-electron chi connectivity index (χ2n) is 4.66. The van der Waals surface area contributed by atoms with Gasteiger partial charge in [0.05, 0.1) is 5.69 Å². The van der Waals surface area contributed by atoms with Gasteiger partial charge in [0.2, 0.25) is 5.91 Å². The zero-order chi connectivity index (χ0) is 14.5. The summed E-state index contributed by atoms with van der Waals surface area (Å²) in [5, 5.41) is 3.59. The molecule has 2 nitrogen and oxygen atoms in total. The fourth-order valence-electron chi connectivity index (χ4n) is 1.82. The Morgan fingerprint density at radius 3 is 2.55 bits per heavy atom. The molecule has 2 aromatic carbocycles. The molecule has 0 fully saturated rings. The van der Waals surface area contributed by atoms with E-state index in [0.717, 1.165) is 15.7 Å². The van der Waals surface area contributed by atoms with Crippen molar-refractivity contribution in [1.29, 1.82) is 0 Å². The number of benzene rings is 2. The number of nitrogens with one attached hydrogen (secondary N) is 1. The average molecular weight is 400 g/mol. The third-order valence-corrected chi connectivity index (χ3v) is 4.09. The van der Waals surface area contributed by atoms with Crippen LogP contribution in [0.5, 0.6) is 0 Å². The van der Waals surface area contributed by atoms with Crippen LogP contribution in [0.3, 0.4) is 0 Å². The summed E-state index contributed by atoms with van der Waals surface area (Å²) in [5.74, 6) is 0.0193. The van der Waals surface area contributed by atoms with E-state index in [1.165, 1.54) is 11.1 Å². The number of hydrogen-bond acceptors (Lipinski definition) is 1. The average Bonchev–Trinajstić information content (AvgIpc) is 2.41. The molecule has 1 N–H and O–H groups in total. The van der Waals surface area contributed by atoms with Crippen LogP contribution in [0.15, 0.2) is 42.5 Å². The van der Waals surface area contributed by atoms with E-state index in [1.54, 1.807) is 6.07 Å². The van der Waals surface area contributed by atoms with Gasteiger partial charge in [-0.3, -0.25) is 4.79 Å². The van der Waals surface area contributed by atoms with Gasteiger partial charge in [0.15, 0.2) is 0 Å². The van der Waals surface area contributed by atoms with Crippen LogP contribution in [0.4, 0.5) is 5.69 Å². The first-order chi connectivity index (χ1) is 9.54. The predicted octanol–water partition coefficient (Wildman–Crippen LogP) is 4.82. The van der Waals surface area contributed by atoms with Crippen LogP contribution in [0, 0.1) is 10.5 Å². The van der Waals surface area contributed by atoms with Crippen molar-refractivity contribution in [2.24, 2.45) is 0 Å². The van der Waals surface area contributed by atoms with Crippen molar-refractivity contribution in [1.82, 2.24) is 0 Å². The third kappa shape index (κ3) is 4.49. The van der Waals surface area contributed by atoms with Crippen LogP contribution in [0.2, 0.25) is 5.02 Å². The van der Waals surface area contributed by atoms with Gasteiger partial charge in [-0.05, 0) is 59.7 Å². The molecule has 104 valence electrons. The molecule has 0 aliphatic rings. The minimum atomic E-state index is 0.0193. The Hall–Kier alpha value is -1.07. The minimum absolute atomic E-state index is 0.0193. The molecule has 0 aliphatic carbocycles. The molecule has 4 heteroatoms.